The number of hydrogen-bond donors (Lipinski definition) is 2. The summed E-state index contributed by atoms with van der Waals surface area (Å²) < 4.78 is 0. The summed E-state index contributed by atoms with van der Waals surface area (Å²) in [5, 5.41) is 20.7. The van der Waals surface area contributed by atoms with Crippen molar-refractivity contribution >= 4 is 17.7 Å². The Morgan fingerprint density at radius 1 is 1.19 bits per heavy atom. The summed E-state index contributed by atoms with van der Waals surface area (Å²) in [6.07, 6.45) is 6.64. The van der Waals surface area contributed by atoms with Gasteiger partial charge in [0.15, 0.2) is 0 Å². The van der Waals surface area contributed by atoms with Gasteiger partial charge in [-0.2, -0.15) is 5.26 Å². The molecule has 1 aliphatic carbocycles. The van der Waals surface area contributed by atoms with E-state index in [1.807, 2.05) is 12.1 Å². The predicted molar refractivity (Wildman–Crippen MR) is 100 cm³/mol. The van der Waals surface area contributed by atoms with E-state index < -0.39 is 5.97 Å². The Bertz CT molecular complexity index is 848. The molecule has 1 saturated carbocycles. The molecule has 1 unspecified atom stereocenters. The fraction of sp³-hybridized carbons (Fsp3) is 0.333. The van der Waals surface area contributed by atoms with Crippen molar-refractivity contribution in [2.24, 2.45) is 5.92 Å². The highest BCUT2D eigenvalue weighted by atomic mass is 16.4. The third-order valence-corrected chi connectivity index (χ3v) is 5.06. The molecule has 0 bridgehead atoms. The molecule has 1 aliphatic rings. The standard InChI is InChI=1S/C21H21N3O3/c22-12-15-5-7-16(8-6-15)18(11-14-3-1-2-4-14)20(25)24-19-10-9-17(13-23-19)21(26)27/h5-10,13-14,18H,1-4,11H2,(H,26,27)(H,23,24,25). The van der Waals surface area contributed by atoms with Crippen molar-refractivity contribution in [2.75, 3.05) is 5.32 Å². The Morgan fingerprint density at radius 3 is 2.44 bits per heavy atom. The van der Waals surface area contributed by atoms with E-state index in [-0.39, 0.29) is 17.4 Å². The van der Waals surface area contributed by atoms with Gasteiger partial charge in [0.2, 0.25) is 5.91 Å². The van der Waals surface area contributed by atoms with Crippen LogP contribution in [0.15, 0.2) is 42.6 Å². The van der Waals surface area contributed by atoms with E-state index in [1.54, 1.807) is 12.1 Å². The Morgan fingerprint density at radius 2 is 1.89 bits per heavy atom. The molecule has 0 radical (unpaired) electrons. The molecule has 1 aromatic heterocycles. The van der Waals surface area contributed by atoms with Crippen LogP contribution >= 0.6 is 0 Å². The van der Waals surface area contributed by atoms with Crippen molar-refractivity contribution < 1.29 is 14.7 Å². The third-order valence-electron chi connectivity index (χ3n) is 5.06. The number of anilines is 1. The molecular weight excluding hydrogens is 342 g/mol. The summed E-state index contributed by atoms with van der Waals surface area (Å²) in [5.74, 6) is -0.713. The first-order chi connectivity index (χ1) is 13.1. The van der Waals surface area contributed by atoms with Gasteiger partial charge in [0.05, 0.1) is 23.1 Å². The van der Waals surface area contributed by atoms with Crippen molar-refractivity contribution in [1.82, 2.24) is 4.98 Å². The second kappa shape index (κ2) is 8.45. The highest BCUT2D eigenvalue weighted by Crippen LogP contribution is 2.34. The van der Waals surface area contributed by atoms with E-state index in [2.05, 4.69) is 16.4 Å². The fourth-order valence-corrected chi connectivity index (χ4v) is 3.57. The van der Waals surface area contributed by atoms with Crippen molar-refractivity contribution in [3.63, 3.8) is 0 Å². The van der Waals surface area contributed by atoms with Gasteiger partial charge in [-0.25, -0.2) is 9.78 Å². The molecule has 6 heteroatoms. The Kier molecular flexibility index (Phi) is 5.82. The van der Waals surface area contributed by atoms with Crippen LogP contribution in [0.25, 0.3) is 0 Å². The maximum atomic E-state index is 12.9. The fourth-order valence-electron chi connectivity index (χ4n) is 3.57. The van der Waals surface area contributed by atoms with Crippen LogP contribution in [-0.2, 0) is 4.79 Å². The minimum absolute atomic E-state index is 0.0718. The highest BCUT2D eigenvalue weighted by Gasteiger charge is 2.27. The number of nitriles is 1. The van der Waals surface area contributed by atoms with Gasteiger partial charge in [-0.05, 0) is 42.2 Å². The Balaban J connectivity index is 1.78. The third kappa shape index (κ3) is 4.70. The zero-order valence-electron chi connectivity index (χ0n) is 14.9. The lowest BCUT2D eigenvalue weighted by atomic mass is 9.87. The van der Waals surface area contributed by atoms with Crippen LogP contribution in [0.4, 0.5) is 5.82 Å². The summed E-state index contributed by atoms with van der Waals surface area (Å²) in [4.78, 5) is 27.9. The van der Waals surface area contributed by atoms with Gasteiger partial charge in [-0.15, -0.1) is 0 Å². The number of hydrogen-bond acceptors (Lipinski definition) is 4. The first-order valence-corrected chi connectivity index (χ1v) is 9.07. The van der Waals surface area contributed by atoms with Crippen molar-refractivity contribution in [1.29, 1.82) is 5.26 Å². The summed E-state index contributed by atoms with van der Waals surface area (Å²) in [6, 6.07) is 12.1. The Hall–Kier alpha value is -3.20. The topological polar surface area (TPSA) is 103 Å². The molecule has 138 valence electrons. The molecule has 1 heterocycles. The number of carbonyl (C=O) groups is 2. The summed E-state index contributed by atoms with van der Waals surface area (Å²) in [7, 11) is 0. The molecule has 1 atom stereocenters. The summed E-state index contributed by atoms with van der Waals surface area (Å²) in [5.41, 5.74) is 1.51. The van der Waals surface area contributed by atoms with E-state index in [0.29, 0.717) is 17.3 Å². The summed E-state index contributed by atoms with van der Waals surface area (Å²) in [6.45, 7) is 0. The van der Waals surface area contributed by atoms with Gasteiger partial charge < -0.3 is 10.4 Å². The lowest BCUT2D eigenvalue weighted by Gasteiger charge is -2.20. The minimum Gasteiger partial charge on any atom is -0.478 e. The number of carboxylic acid groups (broad SMARTS) is 1. The second-order valence-electron chi connectivity index (χ2n) is 6.90. The molecule has 6 nitrogen and oxygen atoms in total. The van der Waals surface area contributed by atoms with E-state index in [0.717, 1.165) is 24.8 Å². The van der Waals surface area contributed by atoms with Crippen LogP contribution in [0.1, 0.15) is 59.5 Å². The quantitative estimate of drug-likeness (QED) is 0.809. The van der Waals surface area contributed by atoms with Crippen LogP contribution in [0.3, 0.4) is 0 Å². The number of carboxylic acids is 1. The van der Waals surface area contributed by atoms with Gasteiger partial charge >= 0.3 is 5.97 Å². The van der Waals surface area contributed by atoms with Gasteiger partial charge in [-0.1, -0.05) is 37.8 Å². The minimum atomic E-state index is -1.06. The van der Waals surface area contributed by atoms with Gasteiger partial charge in [0.25, 0.3) is 0 Å². The number of pyridine rings is 1. The van der Waals surface area contributed by atoms with Crippen LogP contribution in [0, 0.1) is 17.2 Å². The van der Waals surface area contributed by atoms with Crippen molar-refractivity contribution in [3.05, 3.63) is 59.3 Å². The van der Waals surface area contributed by atoms with E-state index in [4.69, 9.17) is 10.4 Å². The number of rotatable bonds is 6. The van der Waals surface area contributed by atoms with Crippen LogP contribution < -0.4 is 5.32 Å². The highest BCUT2D eigenvalue weighted by molar-refractivity contribution is 5.95. The maximum absolute atomic E-state index is 12.9. The normalized spacial score (nSPS) is 15.1. The molecule has 0 spiro atoms. The van der Waals surface area contributed by atoms with E-state index in [1.165, 1.54) is 31.2 Å². The molecule has 1 fully saturated rings. The number of amides is 1. The molecule has 3 rings (SSSR count). The van der Waals surface area contributed by atoms with Crippen molar-refractivity contribution in [3.8, 4) is 6.07 Å². The monoisotopic (exact) mass is 363 g/mol. The number of aromatic nitrogens is 1. The molecule has 1 amide bonds. The smallest absolute Gasteiger partial charge is 0.337 e. The first-order valence-electron chi connectivity index (χ1n) is 9.07. The second-order valence-corrected chi connectivity index (χ2v) is 6.90. The molecule has 27 heavy (non-hydrogen) atoms. The number of carbonyl (C=O) groups excluding carboxylic acids is 1. The largest absolute Gasteiger partial charge is 0.478 e. The average Bonchev–Trinajstić information content (AvgIpc) is 3.20. The zero-order valence-corrected chi connectivity index (χ0v) is 14.9. The maximum Gasteiger partial charge on any atom is 0.337 e. The first kappa shape index (κ1) is 18.6. The SMILES string of the molecule is N#Cc1ccc(C(CC2CCCC2)C(=O)Nc2ccc(C(=O)O)cn2)cc1. The van der Waals surface area contributed by atoms with Crippen LogP contribution in [-0.4, -0.2) is 22.0 Å². The van der Waals surface area contributed by atoms with E-state index >= 15 is 0 Å². The molecule has 2 N–H and O–H groups in total. The number of aromatic carboxylic acids is 1. The number of nitrogens with one attached hydrogen (secondary N) is 1. The Labute approximate surface area is 157 Å². The lowest BCUT2D eigenvalue weighted by molar-refractivity contribution is -0.118. The van der Waals surface area contributed by atoms with Crippen LogP contribution in [0.5, 0.6) is 0 Å². The molecule has 2 aromatic rings. The van der Waals surface area contributed by atoms with Gasteiger partial charge in [-0.3, -0.25) is 4.79 Å². The predicted octanol–water partition coefficient (Wildman–Crippen LogP) is 3.95. The number of benzene rings is 1. The summed E-state index contributed by atoms with van der Waals surface area (Å²) >= 11 is 0. The van der Waals surface area contributed by atoms with Crippen LogP contribution in [0.2, 0.25) is 0 Å². The lowest BCUT2D eigenvalue weighted by Crippen LogP contribution is -2.23. The zero-order chi connectivity index (χ0) is 19.2. The number of nitrogens with zero attached hydrogens (tertiary/aromatic N) is 2. The van der Waals surface area contributed by atoms with Gasteiger partial charge in [0.1, 0.15) is 5.82 Å². The van der Waals surface area contributed by atoms with E-state index in [9.17, 15) is 9.59 Å². The average molecular weight is 363 g/mol. The molecule has 0 saturated heterocycles. The molecule has 0 aliphatic heterocycles. The van der Waals surface area contributed by atoms with Crippen molar-refractivity contribution in [2.45, 2.75) is 38.0 Å². The molecular formula is C21H21N3O3. The molecule has 1 aromatic carbocycles. The van der Waals surface area contributed by atoms with Gasteiger partial charge in [0, 0.05) is 6.20 Å².